The molecular weight excluding hydrogens is 653 g/mol. The molecule has 1 N–H and O–H groups in total. The van der Waals surface area contributed by atoms with Crippen LogP contribution in [0.4, 0.5) is 13.2 Å². The van der Waals surface area contributed by atoms with E-state index in [0.717, 1.165) is 73.3 Å². The molecule has 5 rings (SSSR count). The number of amides is 1. The molecule has 0 spiro atoms. The Hall–Kier alpha value is -4.11. The van der Waals surface area contributed by atoms with Gasteiger partial charge in [-0.1, -0.05) is 86.4 Å². The van der Waals surface area contributed by atoms with Crippen molar-refractivity contribution in [2.24, 2.45) is 5.92 Å². The summed E-state index contributed by atoms with van der Waals surface area (Å²) in [6.07, 6.45) is 5.72. The van der Waals surface area contributed by atoms with Crippen LogP contribution in [0, 0.1) is 12.8 Å². The van der Waals surface area contributed by atoms with Crippen molar-refractivity contribution in [1.82, 2.24) is 10.2 Å². The van der Waals surface area contributed by atoms with Crippen molar-refractivity contribution in [3.05, 3.63) is 88.5 Å². The number of nitrogens with zero attached hydrogens (tertiary/aromatic N) is 1. The van der Waals surface area contributed by atoms with E-state index in [0.29, 0.717) is 18.5 Å². The number of alkyl halides is 3. The van der Waals surface area contributed by atoms with Crippen LogP contribution < -0.4 is 10.1 Å². The summed E-state index contributed by atoms with van der Waals surface area (Å²) in [4.78, 5) is 27.9. The van der Waals surface area contributed by atoms with E-state index in [1.807, 2.05) is 60.4 Å². The number of hydrogen-bond acceptors (Lipinski definition) is 5. The van der Waals surface area contributed by atoms with Crippen molar-refractivity contribution in [2.75, 3.05) is 19.7 Å². The van der Waals surface area contributed by atoms with Crippen LogP contribution in [0.1, 0.15) is 100.0 Å². The SMILES string of the molecule is Cc1c(/C=C/c2cc(OCCNC(=O)C3CCCCC3)c(CN3CCCC[C@H]3C(=O)OC(C)(C)C)cc2C(F)(F)F)cccc1-c1ccccc1. The van der Waals surface area contributed by atoms with Crippen molar-refractivity contribution in [1.29, 1.82) is 0 Å². The van der Waals surface area contributed by atoms with Gasteiger partial charge in [0.1, 0.15) is 24.0 Å². The standard InChI is InChI=1S/C42H51F3N2O4/c1-29-30(18-13-19-35(29)31-14-7-5-8-15-31)21-22-33-27-38(50-25-23-46-39(48)32-16-9-6-10-17-32)34(26-36(33)42(43,44)45)28-47-24-12-11-20-37(47)40(49)51-41(2,3)4/h5,7-8,13-15,18-19,21-22,26-27,32,37H,6,9-12,16-17,20,23-25,28H2,1-4H3,(H,46,48)/b22-21+/t37-/m0/s1. The Kier molecular flexibility index (Phi) is 12.7. The third-order valence-corrected chi connectivity index (χ3v) is 9.74. The molecule has 3 aromatic carbocycles. The Labute approximate surface area is 300 Å². The number of carbonyl (C=O) groups is 2. The third kappa shape index (κ3) is 10.5. The van der Waals surface area contributed by atoms with Gasteiger partial charge in [0.05, 0.1) is 12.1 Å². The molecule has 2 fully saturated rings. The second-order valence-corrected chi connectivity index (χ2v) is 14.8. The summed E-state index contributed by atoms with van der Waals surface area (Å²) in [5.74, 6) is -0.0994. The number of benzene rings is 3. The minimum Gasteiger partial charge on any atom is -0.491 e. The summed E-state index contributed by atoms with van der Waals surface area (Å²) in [6.45, 7) is 8.32. The van der Waals surface area contributed by atoms with E-state index in [4.69, 9.17) is 9.47 Å². The second-order valence-electron chi connectivity index (χ2n) is 14.8. The number of rotatable bonds is 11. The number of hydrogen-bond donors (Lipinski definition) is 1. The summed E-state index contributed by atoms with van der Waals surface area (Å²) < 4.78 is 56.2. The van der Waals surface area contributed by atoms with Gasteiger partial charge in [-0.3, -0.25) is 14.5 Å². The fourth-order valence-electron chi connectivity index (χ4n) is 7.11. The van der Waals surface area contributed by atoms with Crippen molar-refractivity contribution in [3.8, 4) is 16.9 Å². The summed E-state index contributed by atoms with van der Waals surface area (Å²) in [5, 5.41) is 2.96. The monoisotopic (exact) mass is 704 g/mol. The van der Waals surface area contributed by atoms with E-state index in [9.17, 15) is 22.8 Å². The first kappa shape index (κ1) is 38.1. The number of ether oxygens (including phenoxy) is 2. The maximum absolute atomic E-state index is 14.8. The zero-order valence-corrected chi connectivity index (χ0v) is 30.3. The molecule has 3 aromatic rings. The van der Waals surface area contributed by atoms with E-state index in [1.54, 1.807) is 26.8 Å². The van der Waals surface area contributed by atoms with Crippen LogP contribution in [0.15, 0.2) is 60.7 Å². The van der Waals surface area contributed by atoms with Crippen molar-refractivity contribution in [3.63, 3.8) is 0 Å². The van der Waals surface area contributed by atoms with Crippen LogP contribution in [0.25, 0.3) is 23.3 Å². The molecule has 1 atom stereocenters. The molecule has 1 aliphatic carbocycles. The Bertz CT molecular complexity index is 1670. The van der Waals surface area contributed by atoms with Crippen LogP contribution in [0.3, 0.4) is 0 Å². The fraction of sp³-hybridized carbons (Fsp3) is 0.476. The van der Waals surface area contributed by atoms with Gasteiger partial charge in [-0.05, 0) is 99.9 Å². The number of likely N-dealkylation sites (tertiary alicyclic amines) is 1. The second kappa shape index (κ2) is 16.9. The van der Waals surface area contributed by atoms with E-state index < -0.39 is 23.4 Å². The van der Waals surface area contributed by atoms with E-state index in [2.05, 4.69) is 5.32 Å². The molecule has 1 saturated carbocycles. The first-order chi connectivity index (χ1) is 24.3. The lowest BCUT2D eigenvalue weighted by molar-refractivity contribution is -0.163. The maximum atomic E-state index is 14.8. The first-order valence-corrected chi connectivity index (χ1v) is 18.2. The zero-order chi connectivity index (χ0) is 36.6. The Morgan fingerprint density at radius 3 is 2.29 bits per heavy atom. The molecule has 51 heavy (non-hydrogen) atoms. The van der Waals surface area contributed by atoms with Crippen LogP contribution >= 0.6 is 0 Å². The highest BCUT2D eigenvalue weighted by molar-refractivity contribution is 5.79. The van der Waals surface area contributed by atoms with E-state index in [1.165, 1.54) is 12.1 Å². The van der Waals surface area contributed by atoms with Crippen molar-refractivity contribution < 1.29 is 32.2 Å². The number of esters is 1. The van der Waals surface area contributed by atoms with Gasteiger partial charge in [-0.15, -0.1) is 0 Å². The molecule has 1 heterocycles. The molecule has 274 valence electrons. The first-order valence-electron chi connectivity index (χ1n) is 18.2. The average molecular weight is 705 g/mol. The molecule has 1 amide bonds. The maximum Gasteiger partial charge on any atom is 0.417 e. The molecule has 9 heteroatoms. The molecule has 6 nitrogen and oxygen atoms in total. The molecule has 1 aliphatic heterocycles. The Morgan fingerprint density at radius 1 is 0.882 bits per heavy atom. The number of piperidine rings is 1. The fourth-order valence-corrected chi connectivity index (χ4v) is 7.11. The van der Waals surface area contributed by atoms with Gasteiger partial charge < -0.3 is 14.8 Å². The minimum absolute atomic E-state index is 0.00353. The van der Waals surface area contributed by atoms with Gasteiger partial charge in [0.2, 0.25) is 5.91 Å². The van der Waals surface area contributed by atoms with E-state index in [-0.39, 0.29) is 48.8 Å². The molecule has 0 aromatic heterocycles. The summed E-state index contributed by atoms with van der Waals surface area (Å²) >= 11 is 0. The van der Waals surface area contributed by atoms with Crippen molar-refractivity contribution in [2.45, 2.75) is 103 Å². The molecule has 1 saturated heterocycles. The van der Waals surface area contributed by atoms with Crippen LogP contribution in [0.5, 0.6) is 5.75 Å². The number of halogens is 3. The summed E-state index contributed by atoms with van der Waals surface area (Å²) in [6, 6.07) is 17.7. The lowest BCUT2D eigenvalue weighted by Crippen LogP contribution is -2.46. The van der Waals surface area contributed by atoms with Gasteiger partial charge in [0.15, 0.2) is 0 Å². The zero-order valence-electron chi connectivity index (χ0n) is 30.3. The molecule has 0 unspecified atom stereocenters. The highest BCUT2D eigenvalue weighted by Gasteiger charge is 2.36. The normalized spacial score (nSPS) is 17.7. The van der Waals surface area contributed by atoms with Crippen LogP contribution in [0.2, 0.25) is 0 Å². The van der Waals surface area contributed by atoms with Gasteiger partial charge in [0, 0.05) is 18.0 Å². The molecular formula is C42H51F3N2O4. The quantitative estimate of drug-likeness (QED) is 0.122. The largest absolute Gasteiger partial charge is 0.491 e. The Balaban J connectivity index is 1.46. The molecule has 2 aliphatic rings. The highest BCUT2D eigenvalue weighted by atomic mass is 19.4. The van der Waals surface area contributed by atoms with E-state index >= 15 is 0 Å². The highest BCUT2D eigenvalue weighted by Crippen LogP contribution is 2.38. The lowest BCUT2D eigenvalue weighted by Gasteiger charge is -2.36. The van der Waals surface area contributed by atoms with Gasteiger partial charge >= 0.3 is 12.1 Å². The number of nitrogens with one attached hydrogen (secondary N) is 1. The molecule has 0 radical (unpaired) electrons. The minimum atomic E-state index is -4.64. The topological polar surface area (TPSA) is 67.9 Å². The number of carbonyl (C=O) groups excluding carboxylic acids is 2. The predicted molar refractivity (Wildman–Crippen MR) is 196 cm³/mol. The summed E-state index contributed by atoms with van der Waals surface area (Å²) in [7, 11) is 0. The van der Waals surface area contributed by atoms with Gasteiger partial charge in [0.25, 0.3) is 0 Å². The van der Waals surface area contributed by atoms with Gasteiger partial charge in [-0.25, -0.2) is 0 Å². The smallest absolute Gasteiger partial charge is 0.417 e. The van der Waals surface area contributed by atoms with Crippen LogP contribution in [-0.2, 0) is 27.0 Å². The van der Waals surface area contributed by atoms with Gasteiger partial charge in [-0.2, -0.15) is 13.2 Å². The Morgan fingerprint density at radius 2 is 1.59 bits per heavy atom. The average Bonchev–Trinajstić information content (AvgIpc) is 3.10. The molecule has 0 bridgehead atoms. The third-order valence-electron chi connectivity index (χ3n) is 9.74. The van der Waals surface area contributed by atoms with Crippen LogP contribution in [-0.4, -0.2) is 48.1 Å². The summed E-state index contributed by atoms with van der Waals surface area (Å²) in [5.41, 5.74) is 2.62. The predicted octanol–water partition coefficient (Wildman–Crippen LogP) is 9.62. The van der Waals surface area contributed by atoms with Crippen molar-refractivity contribution >= 4 is 24.0 Å². The lowest BCUT2D eigenvalue weighted by atomic mass is 9.89.